The van der Waals surface area contributed by atoms with Crippen LogP contribution in [0, 0.1) is 20.8 Å². The molecule has 0 fully saturated rings. The van der Waals surface area contributed by atoms with Crippen LogP contribution in [0.2, 0.25) is 0 Å². The van der Waals surface area contributed by atoms with Gasteiger partial charge < -0.3 is 10.1 Å². The number of rotatable bonds is 6. The third kappa shape index (κ3) is 3.65. The monoisotopic (exact) mass is 253 g/mol. The number of methoxy groups -OCH3 is 1. The van der Waals surface area contributed by atoms with E-state index in [1.54, 1.807) is 7.11 Å². The maximum Gasteiger partial charge on any atom is 0.122 e. The standard InChI is InChI=1S/C14H23NOS/c1-10-8-14(16-4)12(3)11(2)13(10)9-15-6-5-7-17/h8,15,17H,5-7,9H2,1-4H3. The van der Waals surface area contributed by atoms with E-state index in [2.05, 4.69) is 44.8 Å². The summed E-state index contributed by atoms with van der Waals surface area (Å²) in [5.41, 5.74) is 5.26. The van der Waals surface area contributed by atoms with Gasteiger partial charge in [0.2, 0.25) is 0 Å². The summed E-state index contributed by atoms with van der Waals surface area (Å²) >= 11 is 4.21. The number of nitrogens with one attached hydrogen (secondary N) is 1. The Bertz CT molecular complexity index is 377. The predicted molar refractivity (Wildman–Crippen MR) is 77.4 cm³/mol. The van der Waals surface area contributed by atoms with Gasteiger partial charge >= 0.3 is 0 Å². The Kier molecular flexibility index (Phi) is 5.86. The molecule has 0 saturated carbocycles. The van der Waals surface area contributed by atoms with E-state index in [0.29, 0.717) is 0 Å². The van der Waals surface area contributed by atoms with E-state index in [1.165, 1.54) is 22.3 Å². The van der Waals surface area contributed by atoms with Crippen molar-refractivity contribution in [2.24, 2.45) is 0 Å². The minimum atomic E-state index is 0.927. The molecule has 1 N–H and O–H groups in total. The van der Waals surface area contributed by atoms with Gasteiger partial charge in [0.25, 0.3) is 0 Å². The average Bonchev–Trinajstić information content (AvgIpc) is 2.32. The highest BCUT2D eigenvalue weighted by atomic mass is 32.1. The van der Waals surface area contributed by atoms with Crippen molar-refractivity contribution in [3.8, 4) is 5.75 Å². The number of hydrogen-bond donors (Lipinski definition) is 2. The van der Waals surface area contributed by atoms with Crippen molar-refractivity contribution >= 4 is 12.6 Å². The Labute approximate surface area is 110 Å². The van der Waals surface area contributed by atoms with Crippen molar-refractivity contribution in [2.45, 2.75) is 33.7 Å². The lowest BCUT2D eigenvalue weighted by atomic mass is 9.97. The molecule has 96 valence electrons. The van der Waals surface area contributed by atoms with Crippen molar-refractivity contribution < 1.29 is 4.74 Å². The number of benzene rings is 1. The molecule has 0 unspecified atom stereocenters. The van der Waals surface area contributed by atoms with Gasteiger partial charge in [0.05, 0.1) is 7.11 Å². The van der Waals surface area contributed by atoms with E-state index >= 15 is 0 Å². The maximum absolute atomic E-state index is 5.37. The molecule has 1 aromatic carbocycles. The van der Waals surface area contributed by atoms with Gasteiger partial charge in [-0.05, 0) is 67.8 Å². The highest BCUT2D eigenvalue weighted by molar-refractivity contribution is 7.80. The van der Waals surface area contributed by atoms with Crippen molar-refractivity contribution in [2.75, 3.05) is 19.4 Å². The van der Waals surface area contributed by atoms with Gasteiger partial charge in [-0.2, -0.15) is 12.6 Å². The second kappa shape index (κ2) is 6.92. The van der Waals surface area contributed by atoms with E-state index < -0.39 is 0 Å². The van der Waals surface area contributed by atoms with Crippen molar-refractivity contribution in [1.82, 2.24) is 5.32 Å². The lowest BCUT2D eigenvalue weighted by Crippen LogP contribution is -2.17. The van der Waals surface area contributed by atoms with Crippen molar-refractivity contribution in [3.05, 3.63) is 28.3 Å². The van der Waals surface area contributed by atoms with Crippen LogP contribution >= 0.6 is 12.6 Å². The summed E-state index contributed by atoms with van der Waals surface area (Å²) in [7, 11) is 1.73. The largest absolute Gasteiger partial charge is 0.496 e. The fourth-order valence-electron chi connectivity index (χ4n) is 2.00. The number of aryl methyl sites for hydroxylation is 1. The van der Waals surface area contributed by atoms with E-state index in [-0.39, 0.29) is 0 Å². The zero-order valence-corrected chi connectivity index (χ0v) is 12.2. The first-order chi connectivity index (χ1) is 8.11. The van der Waals surface area contributed by atoms with Crippen LogP contribution in [0.3, 0.4) is 0 Å². The van der Waals surface area contributed by atoms with Crippen LogP contribution in [-0.2, 0) is 6.54 Å². The normalized spacial score (nSPS) is 10.6. The van der Waals surface area contributed by atoms with Gasteiger partial charge in [0, 0.05) is 6.54 Å². The van der Waals surface area contributed by atoms with Gasteiger partial charge in [0.15, 0.2) is 0 Å². The number of hydrogen-bond acceptors (Lipinski definition) is 3. The molecule has 0 aliphatic carbocycles. The number of ether oxygens (including phenoxy) is 1. The van der Waals surface area contributed by atoms with Crippen LogP contribution in [0.15, 0.2) is 6.07 Å². The van der Waals surface area contributed by atoms with Crippen LogP contribution < -0.4 is 10.1 Å². The molecule has 0 heterocycles. The van der Waals surface area contributed by atoms with Gasteiger partial charge in [-0.1, -0.05) is 0 Å². The van der Waals surface area contributed by atoms with E-state index in [1.807, 2.05) is 0 Å². The molecular weight excluding hydrogens is 230 g/mol. The molecule has 0 aliphatic rings. The lowest BCUT2D eigenvalue weighted by Gasteiger charge is -2.16. The Balaban J connectivity index is 2.81. The Hall–Kier alpha value is -0.670. The Morgan fingerprint density at radius 1 is 1.24 bits per heavy atom. The highest BCUT2D eigenvalue weighted by Gasteiger charge is 2.09. The first-order valence-corrected chi connectivity index (χ1v) is 6.70. The first kappa shape index (κ1) is 14.4. The average molecular weight is 253 g/mol. The van der Waals surface area contributed by atoms with Crippen molar-refractivity contribution in [1.29, 1.82) is 0 Å². The third-order valence-electron chi connectivity index (χ3n) is 3.24. The Morgan fingerprint density at radius 3 is 2.53 bits per heavy atom. The minimum Gasteiger partial charge on any atom is -0.496 e. The molecule has 0 spiro atoms. The second-order valence-corrected chi connectivity index (χ2v) is 4.83. The van der Waals surface area contributed by atoms with Crippen LogP contribution in [0.5, 0.6) is 5.75 Å². The molecule has 3 heteroatoms. The van der Waals surface area contributed by atoms with Crippen molar-refractivity contribution in [3.63, 3.8) is 0 Å². The van der Waals surface area contributed by atoms with Gasteiger partial charge in [-0.3, -0.25) is 0 Å². The van der Waals surface area contributed by atoms with Gasteiger partial charge in [-0.15, -0.1) is 0 Å². The molecule has 0 bridgehead atoms. The van der Waals surface area contributed by atoms with Crippen LogP contribution in [0.25, 0.3) is 0 Å². The summed E-state index contributed by atoms with van der Waals surface area (Å²) in [5, 5.41) is 3.46. The second-order valence-electron chi connectivity index (χ2n) is 4.38. The summed E-state index contributed by atoms with van der Waals surface area (Å²) in [5.74, 6) is 1.92. The van der Waals surface area contributed by atoms with Gasteiger partial charge in [0.1, 0.15) is 5.75 Å². The Morgan fingerprint density at radius 2 is 1.94 bits per heavy atom. The minimum absolute atomic E-state index is 0.927. The summed E-state index contributed by atoms with van der Waals surface area (Å²) in [6, 6.07) is 2.12. The maximum atomic E-state index is 5.37. The number of thiol groups is 1. The van der Waals surface area contributed by atoms with Crippen LogP contribution in [0.4, 0.5) is 0 Å². The van der Waals surface area contributed by atoms with Crippen LogP contribution in [0.1, 0.15) is 28.7 Å². The van der Waals surface area contributed by atoms with E-state index in [9.17, 15) is 0 Å². The van der Waals surface area contributed by atoms with Gasteiger partial charge in [-0.25, -0.2) is 0 Å². The molecule has 0 aliphatic heterocycles. The lowest BCUT2D eigenvalue weighted by molar-refractivity contribution is 0.410. The highest BCUT2D eigenvalue weighted by Crippen LogP contribution is 2.27. The molecule has 1 aromatic rings. The summed E-state index contributed by atoms with van der Waals surface area (Å²) in [6.45, 7) is 8.37. The molecular formula is C14H23NOS. The molecule has 0 amide bonds. The SMILES string of the molecule is COc1cc(C)c(CNCCCS)c(C)c1C. The zero-order valence-electron chi connectivity index (χ0n) is 11.3. The topological polar surface area (TPSA) is 21.3 Å². The predicted octanol–water partition coefficient (Wildman–Crippen LogP) is 3.03. The molecule has 0 saturated heterocycles. The summed E-state index contributed by atoms with van der Waals surface area (Å²) in [4.78, 5) is 0. The molecule has 0 radical (unpaired) electrons. The molecule has 0 aromatic heterocycles. The molecule has 1 rings (SSSR count). The van der Waals surface area contributed by atoms with Crippen LogP contribution in [-0.4, -0.2) is 19.4 Å². The fraction of sp³-hybridized carbons (Fsp3) is 0.571. The quantitative estimate of drug-likeness (QED) is 0.600. The molecule has 2 nitrogen and oxygen atoms in total. The fourth-order valence-corrected chi connectivity index (χ4v) is 2.16. The summed E-state index contributed by atoms with van der Waals surface area (Å²) < 4.78 is 5.37. The zero-order chi connectivity index (χ0) is 12.8. The first-order valence-electron chi connectivity index (χ1n) is 6.07. The molecule has 0 atom stereocenters. The third-order valence-corrected chi connectivity index (χ3v) is 3.56. The smallest absolute Gasteiger partial charge is 0.122 e. The summed E-state index contributed by atoms with van der Waals surface area (Å²) in [6.07, 6.45) is 1.11. The van der Waals surface area contributed by atoms with E-state index in [0.717, 1.165) is 31.0 Å². The molecule has 17 heavy (non-hydrogen) atoms. The van der Waals surface area contributed by atoms with E-state index in [4.69, 9.17) is 4.74 Å².